The van der Waals surface area contributed by atoms with E-state index < -0.39 is 11.6 Å². The fourth-order valence-corrected chi connectivity index (χ4v) is 4.96. The van der Waals surface area contributed by atoms with Crippen molar-refractivity contribution >= 4 is 17.8 Å². The van der Waals surface area contributed by atoms with Crippen molar-refractivity contribution in [1.29, 1.82) is 0 Å². The molecule has 2 heterocycles. The minimum atomic E-state index is -1.11. The predicted molar refractivity (Wildman–Crippen MR) is 114 cm³/mol. The first-order valence-corrected chi connectivity index (χ1v) is 11.1. The summed E-state index contributed by atoms with van der Waals surface area (Å²) in [5.74, 6) is 0.748. The number of nitrogens with zero attached hydrogens (tertiary/aromatic N) is 2. The number of fused-ring (bicyclic) bond motifs is 1. The monoisotopic (exact) mass is 429 g/mol. The van der Waals surface area contributed by atoms with Crippen LogP contribution in [0.4, 0.5) is 4.79 Å². The predicted octanol–water partition coefficient (Wildman–Crippen LogP) is 2.84. The summed E-state index contributed by atoms with van der Waals surface area (Å²) in [6, 6.07) is 5.17. The van der Waals surface area contributed by atoms with Gasteiger partial charge >= 0.3 is 6.03 Å². The van der Waals surface area contributed by atoms with Gasteiger partial charge < -0.3 is 19.7 Å². The van der Waals surface area contributed by atoms with Gasteiger partial charge in [0.1, 0.15) is 12.1 Å². The highest BCUT2D eigenvalue weighted by molar-refractivity contribution is 6.09. The van der Waals surface area contributed by atoms with Gasteiger partial charge in [0.05, 0.1) is 0 Å². The van der Waals surface area contributed by atoms with E-state index in [1.807, 2.05) is 30.9 Å². The third-order valence-electron chi connectivity index (χ3n) is 6.45. The fraction of sp³-hybridized carbons (Fsp3) is 0.609. The molecule has 1 aromatic carbocycles. The van der Waals surface area contributed by atoms with Gasteiger partial charge in [-0.05, 0) is 51.3 Å². The molecule has 0 radical (unpaired) electrons. The van der Waals surface area contributed by atoms with Crippen LogP contribution in [-0.4, -0.2) is 58.6 Å². The van der Waals surface area contributed by atoms with Gasteiger partial charge in [-0.2, -0.15) is 0 Å². The second-order valence-corrected chi connectivity index (χ2v) is 9.20. The smallest absolute Gasteiger partial charge is 0.325 e. The van der Waals surface area contributed by atoms with Gasteiger partial charge in [-0.15, -0.1) is 0 Å². The summed E-state index contributed by atoms with van der Waals surface area (Å²) in [7, 11) is 0. The van der Waals surface area contributed by atoms with Gasteiger partial charge in [0, 0.05) is 18.5 Å². The molecular weight excluding hydrogens is 398 g/mol. The average molecular weight is 430 g/mol. The van der Waals surface area contributed by atoms with Gasteiger partial charge in [-0.25, -0.2) is 4.79 Å². The molecule has 31 heavy (non-hydrogen) atoms. The van der Waals surface area contributed by atoms with E-state index in [2.05, 4.69) is 5.32 Å². The number of urea groups is 1. The lowest BCUT2D eigenvalue weighted by Gasteiger charge is -2.38. The summed E-state index contributed by atoms with van der Waals surface area (Å²) in [6.07, 6.45) is 5.67. The van der Waals surface area contributed by atoms with Crippen LogP contribution < -0.4 is 14.8 Å². The summed E-state index contributed by atoms with van der Waals surface area (Å²) in [4.78, 5) is 41.9. The summed E-state index contributed by atoms with van der Waals surface area (Å²) in [5, 5.41) is 2.79. The molecule has 1 N–H and O–H groups in total. The van der Waals surface area contributed by atoms with Crippen LogP contribution in [0, 0.1) is 0 Å². The second kappa shape index (κ2) is 8.40. The first-order chi connectivity index (χ1) is 14.8. The number of carbonyl (C=O) groups excluding carboxylic acids is 3. The summed E-state index contributed by atoms with van der Waals surface area (Å²) >= 11 is 0. The van der Waals surface area contributed by atoms with Gasteiger partial charge in [0.15, 0.2) is 11.5 Å². The highest BCUT2D eigenvalue weighted by atomic mass is 16.7. The van der Waals surface area contributed by atoms with Crippen LogP contribution in [0.1, 0.15) is 58.4 Å². The summed E-state index contributed by atoms with van der Waals surface area (Å²) in [6.45, 7) is 5.62. The molecule has 1 saturated carbocycles. The molecule has 4 amide bonds. The zero-order valence-electron chi connectivity index (χ0n) is 18.5. The molecule has 3 aliphatic rings. The molecule has 8 nitrogen and oxygen atoms in total. The molecular formula is C23H31N3O5. The third kappa shape index (κ3) is 4.20. The minimum Gasteiger partial charge on any atom is -0.454 e. The molecule has 2 fully saturated rings. The zero-order valence-corrected chi connectivity index (χ0v) is 18.5. The Morgan fingerprint density at radius 2 is 1.90 bits per heavy atom. The van der Waals surface area contributed by atoms with Crippen LogP contribution in [0.25, 0.3) is 0 Å². The molecule has 2 aliphatic heterocycles. The summed E-state index contributed by atoms with van der Waals surface area (Å²) < 4.78 is 10.7. The highest BCUT2D eigenvalue weighted by Crippen LogP contribution is 2.34. The minimum absolute atomic E-state index is 0.0244. The van der Waals surface area contributed by atoms with Crippen molar-refractivity contribution in [2.45, 2.75) is 76.9 Å². The van der Waals surface area contributed by atoms with Crippen molar-refractivity contribution in [3.8, 4) is 11.5 Å². The molecule has 1 aliphatic carbocycles. The third-order valence-corrected chi connectivity index (χ3v) is 6.45. The summed E-state index contributed by atoms with van der Waals surface area (Å²) in [5.41, 5.74) is -0.266. The van der Waals surface area contributed by atoms with E-state index in [0.717, 1.165) is 36.1 Å². The molecule has 0 bridgehead atoms. The molecule has 1 saturated heterocycles. The second-order valence-electron chi connectivity index (χ2n) is 9.20. The number of imide groups is 1. The Morgan fingerprint density at radius 1 is 1.19 bits per heavy atom. The topological polar surface area (TPSA) is 88.2 Å². The molecule has 4 rings (SSSR count). The molecule has 0 spiro atoms. The van der Waals surface area contributed by atoms with E-state index in [-0.39, 0.29) is 37.2 Å². The SMILES string of the molecule is CC(C)N(C(=O)CN1C(=O)N[C@](C)(Cc2ccc3c(c2)OCO3)C1=O)C1CCCCC1. The molecule has 1 aromatic rings. The average Bonchev–Trinajstić information content (AvgIpc) is 3.26. The van der Waals surface area contributed by atoms with Crippen molar-refractivity contribution < 1.29 is 23.9 Å². The van der Waals surface area contributed by atoms with Crippen LogP contribution in [-0.2, 0) is 16.0 Å². The van der Waals surface area contributed by atoms with Crippen molar-refractivity contribution in [3.63, 3.8) is 0 Å². The number of rotatable bonds is 6. The largest absolute Gasteiger partial charge is 0.454 e. The lowest BCUT2D eigenvalue weighted by molar-refractivity contribution is -0.142. The Balaban J connectivity index is 1.46. The first-order valence-electron chi connectivity index (χ1n) is 11.1. The van der Waals surface area contributed by atoms with E-state index in [0.29, 0.717) is 17.9 Å². The zero-order chi connectivity index (χ0) is 22.2. The maximum Gasteiger partial charge on any atom is 0.325 e. The standard InChI is InChI=1S/C23H31N3O5/c1-15(2)26(17-7-5-4-6-8-17)20(27)13-25-21(28)23(3,24-22(25)29)12-16-9-10-18-19(11-16)31-14-30-18/h9-11,15,17H,4-8,12-14H2,1-3H3,(H,24,29)/t23-/m1/s1. The molecule has 0 aromatic heterocycles. The van der Waals surface area contributed by atoms with Gasteiger partial charge in [-0.3, -0.25) is 14.5 Å². The lowest BCUT2D eigenvalue weighted by atomic mass is 9.92. The van der Waals surface area contributed by atoms with E-state index in [9.17, 15) is 14.4 Å². The fourth-order valence-electron chi connectivity index (χ4n) is 4.96. The van der Waals surface area contributed by atoms with Crippen molar-refractivity contribution in [3.05, 3.63) is 23.8 Å². The quantitative estimate of drug-likeness (QED) is 0.703. The van der Waals surface area contributed by atoms with Gasteiger partial charge in [0.2, 0.25) is 12.7 Å². The van der Waals surface area contributed by atoms with Crippen LogP contribution in [0.3, 0.4) is 0 Å². The molecule has 1 atom stereocenters. The number of amides is 4. The number of ether oxygens (including phenoxy) is 2. The van der Waals surface area contributed by atoms with Crippen LogP contribution in [0.15, 0.2) is 18.2 Å². The van der Waals surface area contributed by atoms with Crippen molar-refractivity contribution in [2.75, 3.05) is 13.3 Å². The highest BCUT2D eigenvalue weighted by Gasteiger charge is 2.49. The molecule has 8 heteroatoms. The Bertz CT molecular complexity index is 880. The Labute approximate surface area is 182 Å². The van der Waals surface area contributed by atoms with Crippen LogP contribution in [0.5, 0.6) is 11.5 Å². The number of hydrogen-bond donors (Lipinski definition) is 1. The van der Waals surface area contributed by atoms with Crippen LogP contribution >= 0.6 is 0 Å². The van der Waals surface area contributed by atoms with E-state index in [1.165, 1.54) is 6.42 Å². The number of nitrogens with one attached hydrogen (secondary N) is 1. The van der Waals surface area contributed by atoms with Crippen molar-refractivity contribution in [2.24, 2.45) is 0 Å². The van der Waals surface area contributed by atoms with E-state index in [1.54, 1.807) is 13.0 Å². The van der Waals surface area contributed by atoms with Crippen LogP contribution in [0.2, 0.25) is 0 Å². The van der Waals surface area contributed by atoms with Crippen molar-refractivity contribution in [1.82, 2.24) is 15.1 Å². The van der Waals surface area contributed by atoms with E-state index in [4.69, 9.17) is 9.47 Å². The maximum atomic E-state index is 13.2. The van der Waals surface area contributed by atoms with Gasteiger partial charge in [-0.1, -0.05) is 25.3 Å². The Kier molecular flexibility index (Phi) is 5.81. The molecule has 0 unspecified atom stereocenters. The van der Waals surface area contributed by atoms with E-state index >= 15 is 0 Å². The van der Waals surface area contributed by atoms with Gasteiger partial charge in [0.25, 0.3) is 5.91 Å². The Hall–Kier alpha value is -2.77. The molecule has 168 valence electrons. The lowest BCUT2D eigenvalue weighted by Crippen LogP contribution is -2.51. The normalized spacial score (nSPS) is 23.4. The number of hydrogen-bond acceptors (Lipinski definition) is 5. The number of benzene rings is 1. The first kappa shape index (κ1) is 21.5. The Morgan fingerprint density at radius 3 is 2.61 bits per heavy atom. The maximum absolute atomic E-state index is 13.2. The number of carbonyl (C=O) groups is 3.